The van der Waals surface area contributed by atoms with Gasteiger partial charge in [0.25, 0.3) is 0 Å². The maximum Gasteiger partial charge on any atom is 0.134 e. The quantitative estimate of drug-likeness (QED) is 0.559. The van der Waals surface area contributed by atoms with Crippen LogP contribution in [0.3, 0.4) is 0 Å². The molecular formula is C21H20N4O. The molecule has 1 atom stereocenters. The van der Waals surface area contributed by atoms with Crippen LogP contribution < -0.4 is 5.32 Å². The summed E-state index contributed by atoms with van der Waals surface area (Å²) in [5.41, 5.74) is 5.06. The van der Waals surface area contributed by atoms with Gasteiger partial charge in [-0.3, -0.25) is 4.98 Å². The number of hydrogen-bond donors (Lipinski definition) is 1. The average molecular weight is 344 g/mol. The molecule has 26 heavy (non-hydrogen) atoms. The summed E-state index contributed by atoms with van der Waals surface area (Å²) in [5.74, 6) is 1.53. The number of nitrogens with one attached hydrogen (secondary N) is 1. The molecule has 0 aliphatic heterocycles. The standard InChI is InChI=1S/C21H20N4O/c1-13-12-26-20-7-6-16(9-18(13)20)19-10-21(25-15(3)24-19)23-14(2)17-5-4-8-22-11-17/h4-12,14H,1-3H3,(H,23,24,25)/t14-/m0/s1. The summed E-state index contributed by atoms with van der Waals surface area (Å²) in [5, 5.41) is 4.55. The number of benzene rings is 1. The van der Waals surface area contributed by atoms with E-state index in [4.69, 9.17) is 4.42 Å². The van der Waals surface area contributed by atoms with Gasteiger partial charge in [-0.05, 0) is 56.2 Å². The molecule has 4 aromatic rings. The molecule has 1 aromatic carbocycles. The second-order valence-corrected chi connectivity index (χ2v) is 6.47. The minimum atomic E-state index is 0.101. The monoisotopic (exact) mass is 344 g/mol. The summed E-state index contributed by atoms with van der Waals surface area (Å²) in [6.07, 6.45) is 5.42. The van der Waals surface area contributed by atoms with Crippen LogP contribution >= 0.6 is 0 Å². The Morgan fingerprint density at radius 2 is 1.96 bits per heavy atom. The molecule has 0 unspecified atom stereocenters. The topological polar surface area (TPSA) is 63.8 Å². The summed E-state index contributed by atoms with van der Waals surface area (Å²) in [6, 6.07) is 12.2. The molecule has 0 radical (unpaired) electrons. The lowest BCUT2D eigenvalue weighted by atomic mass is 10.1. The highest BCUT2D eigenvalue weighted by atomic mass is 16.3. The fraction of sp³-hybridized carbons (Fsp3) is 0.190. The number of aryl methyl sites for hydroxylation is 2. The minimum Gasteiger partial charge on any atom is -0.464 e. The fourth-order valence-corrected chi connectivity index (χ4v) is 3.04. The van der Waals surface area contributed by atoms with Crippen molar-refractivity contribution in [2.24, 2.45) is 0 Å². The number of hydrogen-bond acceptors (Lipinski definition) is 5. The van der Waals surface area contributed by atoms with Gasteiger partial charge in [0, 0.05) is 29.4 Å². The van der Waals surface area contributed by atoms with Crippen molar-refractivity contribution in [2.75, 3.05) is 5.32 Å². The average Bonchev–Trinajstić information content (AvgIpc) is 3.02. The lowest BCUT2D eigenvalue weighted by Gasteiger charge is -2.15. The first-order valence-corrected chi connectivity index (χ1v) is 8.60. The minimum absolute atomic E-state index is 0.101. The van der Waals surface area contributed by atoms with Crippen molar-refractivity contribution in [1.82, 2.24) is 15.0 Å². The van der Waals surface area contributed by atoms with Gasteiger partial charge < -0.3 is 9.73 Å². The Morgan fingerprint density at radius 1 is 1.08 bits per heavy atom. The Hall–Kier alpha value is -3.21. The van der Waals surface area contributed by atoms with Gasteiger partial charge in [0.05, 0.1) is 18.0 Å². The number of fused-ring (bicyclic) bond motifs is 1. The Kier molecular flexibility index (Phi) is 4.13. The largest absolute Gasteiger partial charge is 0.464 e. The van der Waals surface area contributed by atoms with Crippen LogP contribution in [0.5, 0.6) is 0 Å². The number of rotatable bonds is 4. The van der Waals surface area contributed by atoms with E-state index in [1.165, 1.54) is 0 Å². The normalized spacial score (nSPS) is 12.3. The third-order valence-electron chi connectivity index (χ3n) is 4.45. The molecule has 0 aliphatic rings. The van der Waals surface area contributed by atoms with Gasteiger partial charge in [0.2, 0.25) is 0 Å². The summed E-state index contributed by atoms with van der Waals surface area (Å²) in [4.78, 5) is 13.3. The highest BCUT2D eigenvalue weighted by molar-refractivity contribution is 5.85. The van der Waals surface area contributed by atoms with Crippen LogP contribution in [0.25, 0.3) is 22.2 Å². The molecule has 0 amide bonds. The van der Waals surface area contributed by atoms with Crippen LogP contribution in [0.1, 0.15) is 29.9 Å². The summed E-state index contributed by atoms with van der Waals surface area (Å²) < 4.78 is 5.54. The van der Waals surface area contributed by atoms with E-state index in [0.717, 1.165) is 45.0 Å². The predicted octanol–water partition coefficient (Wildman–Crippen LogP) is 5.07. The van der Waals surface area contributed by atoms with Crippen molar-refractivity contribution >= 4 is 16.8 Å². The Bertz CT molecular complexity index is 1060. The number of furan rings is 1. The highest BCUT2D eigenvalue weighted by Crippen LogP contribution is 2.28. The van der Waals surface area contributed by atoms with Gasteiger partial charge in [-0.2, -0.15) is 0 Å². The molecule has 4 rings (SSSR count). The maximum absolute atomic E-state index is 5.54. The van der Waals surface area contributed by atoms with Crippen molar-refractivity contribution in [2.45, 2.75) is 26.8 Å². The SMILES string of the molecule is Cc1nc(N[C@@H](C)c2cccnc2)cc(-c2ccc3occ(C)c3c2)n1. The Morgan fingerprint density at radius 3 is 2.77 bits per heavy atom. The molecule has 0 spiro atoms. The van der Waals surface area contributed by atoms with Crippen molar-refractivity contribution in [3.63, 3.8) is 0 Å². The zero-order chi connectivity index (χ0) is 18.1. The predicted molar refractivity (Wildman–Crippen MR) is 103 cm³/mol. The van der Waals surface area contributed by atoms with Gasteiger partial charge in [-0.25, -0.2) is 9.97 Å². The molecular weight excluding hydrogens is 324 g/mol. The van der Waals surface area contributed by atoms with Crippen LogP contribution in [-0.4, -0.2) is 15.0 Å². The van der Waals surface area contributed by atoms with E-state index in [9.17, 15) is 0 Å². The Labute approximate surface area is 152 Å². The number of nitrogens with zero attached hydrogens (tertiary/aromatic N) is 3. The molecule has 5 nitrogen and oxygen atoms in total. The van der Waals surface area contributed by atoms with Gasteiger partial charge in [-0.15, -0.1) is 0 Å². The van der Waals surface area contributed by atoms with E-state index in [0.29, 0.717) is 0 Å². The molecule has 130 valence electrons. The zero-order valence-electron chi connectivity index (χ0n) is 15.0. The third-order valence-corrected chi connectivity index (χ3v) is 4.45. The van der Waals surface area contributed by atoms with E-state index in [2.05, 4.69) is 39.3 Å². The van der Waals surface area contributed by atoms with Crippen LogP contribution in [-0.2, 0) is 0 Å². The molecule has 0 aliphatic carbocycles. The second kappa shape index (κ2) is 6.59. The number of pyridine rings is 1. The van der Waals surface area contributed by atoms with Crippen molar-refractivity contribution in [3.8, 4) is 11.3 Å². The Balaban J connectivity index is 1.68. The fourth-order valence-electron chi connectivity index (χ4n) is 3.04. The van der Waals surface area contributed by atoms with E-state index < -0.39 is 0 Å². The van der Waals surface area contributed by atoms with Crippen molar-refractivity contribution in [1.29, 1.82) is 0 Å². The van der Waals surface area contributed by atoms with Crippen LogP contribution in [0.15, 0.2) is 59.5 Å². The smallest absolute Gasteiger partial charge is 0.134 e. The van der Waals surface area contributed by atoms with Gasteiger partial charge in [0.1, 0.15) is 17.2 Å². The van der Waals surface area contributed by atoms with Gasteiger partial charge in [0.15, 0.2) is 0 Å². The molecule has 0 bridgehead atoms. The molecule has 1 N–H and O–H groups in total. The first-order chi connectivity index (χ1) is 12.6. The third kappa shape index (κ3) is 3.16. The number of anilines is 1. The first kappa shape index (κ1) is 16.3. The number of aromatic nitrogens is 3. The lowest BCUT2D eigenvalue weighted by Crippen LogP contribution is -2.09. The van der Waals surface area contributed by atoms with Crippen LogP contribution in [0, 0.1) is 13.8 Å². The van der Waals surface area contributed by atoms with Gasteiger partial charge in [-0.1, -0.05) is 6.07 Å². The molecule has 0 fully saturated rings. The highest BCUT2D eigenvalue weighted by Gasteiger charge is 2.11. The molecule has 3 heterocycles. The van der Waals surface area contributed by atoms with E-state index in [-0.39, 0.29) is 6.04 Å². The summed E-state index contributed by atoms with van der Waals surface area (Å²) >= 11 is 0. The summed E-state index contributed by atoms with van der Waals surface area (Å²) in [7, 11) is 0. The van der Waals surface area contributed by atoms with E-state index in [1.807, 2.05) is 44.3 Å². The van der Waals surface area contributed by atoms with Gasteiger partial charge >= 0.3 is 0 Å². The van der Waals surface area contributed by atoms with Crippen LogP contribution in [0.2, 0.25) is 0 Å². The summed E-state index contributed by atoms with van der Waals surface area (Å²) in [6.45, 7) is 6.05. The van der Waals surface area contributed by atoms with E-state index >= 15 is 0 Å². The van der Waals surface area contributed by atoms with Crippen molar-refractivity contribution < 1.29 is 4.42 Å². The molecule has 3 aromatic heterocycles. The van der Waals surface area contributed by atoms with E-state index in [1.54, 1.807) is 12.5 Å². The first-order valence-electron chi connectivity index (χ1n) is 8.60. The maximum atomic E-state index is 5.54. The molecule has 0 saturated heterocycles. The lowest BCUT2D eigenvalue weighted by molar-refractivity contribution is 0.613. The van der Waals surface area contributed by atoms with Crippen LogP contribution in [0.4, 0.5) is 5.82 Å². The molecule has 5 heteroatoms. The zero-order valence-corrected chi connectivity index (χ0v) is 15.0. The molecule has 0 saturated carbocycles. The van der Waals surface area contributed by atoms with Crippen molar-refractivity contribution in [3.05, 3.63) is 72.0 Å². The second-order valence-electron chi connectivity index (χ2n) is 6.47.